The Morgan fingerprint density at radius 2 is 2.16 bits per heavy atom. The van der Waals surface area contributed by atoms with Crippen LogP contribution in [0.1, 0.15) is 11.1 Å². The lowest BCUT2D eigenvalue weighted by atomic mass is 10.2. The first-order valence-corrected chi connectivity index (χ1v) is 5.61. The Bertz CT molecular complexity index is 598. The molecule has 7 heteroatoms. The Hall–Kier alpha value is -2.70. The van der Waals surface area contributed by atoms with Crippen molar-refractivity contribution in [1.29, 1.82) is 0 Å². The van der Waals surface area contributed by atoms with Gasteiger partial charge in [-0.05, 0) is 24.1 Å². The van der Waals surface area contributed by atoms with Crippen LogP contribution in [-0.4, -0.2) is 14.9 Å². The molecule has 2 aromatic heterocycles. The first kappa shape index (κ1) is 12.7. The fourth-order valence-corrected chi connectivity index (χ4v) is 1.56. The highest BCUT2D eigenvalue weighted by Gasteiger charge is 2.14. The summed E-state index contributed by atoms with van der Waals surface area (Å²) in [4.78, 5) is 18.5. The maximum Gasteiger partial charge on any atom is 0.311 e. The predicted molar refractivity (Wildman–Crippen MR) is 71.6 cm³/mol. The van der Waals surface area contributed by atoms with Crippen molar-refractivity contribution < 1.29 is 4.92 Å². The molecule has 2 aromatic rings. The van der Waals surface area contributed by atoms with E-state index in [-0.39, 0.29) is 11.5 Å². The van der Waals surface area contributed by atoms with E-state index in [1.165, 1.54) is 6.07 Å². The van der Waals surface area contributed by atoms with Gasteiger partial charge < -0.3 is 11.1 Å². The van der Waals surface area contributed by atoms with Gasteiger partial charge in [0.1, 0.15) is 5.82 Å². The van der Waals surface area contributed by atoms with Crippen LogP contribution in [0.25, 0.3) is 0 Å². The van der Waals surface area contributed by atoms with Crippen LogP contribution in [0.4, 0.5) is 17.3 Å². The van der Waals surface area contributed by atoms with Crippen LogP contribution in [0.3, 0.4) is 0 Å². The molecule has 0 unspecified atom stereocenters. The molecule has 3 N–H and O–H groups in total. The minimum absolute atomic E-state index is 0.0385. The van der Waals surface area contributed by atoms with Gasteiger partial charge in [-0.25, -0.2) is 9.97 Å². The summed E-state index contributed by atoms with van der Waals surface area (Å²) in [6.45, 7) is 2.15. The van der Waals surface area contributed by atoms with Crippen LogP contribution in [0, 0.1) is 17.0 Å². The number of hydrogen-bond donors (Lipinski definition) is 2. The fourth-order valence-electron chi connectivity index (χ4n) is 1.56. The maximum absolute atomic E-state index is 10.9. The standard InChI is InChI=1S/C12H13N5O2/c1-8-4-10(17(18)19)12(15-5-8)16-7-9-2-3-11(13)14-6-9/h2-6H,7H2,1H3,(H2,13,14)(H,15,16). The highest BCUT2D eigenvalue weighted by molar-refractivity contribution is 5.56. The molecule has 0 atom stereocenters. The predicted octanol–water partition coefficient (Wildman–Crippen LogP) is 1.89. The van der Waals surface area contributed by atoms with E-state index in [1.54, 1.807) is 31.5 Å². The van der Waals surface area contributed by atoms with Gasteiger partial charge >= 0.3 is 5.69 Å². The van der Waals surface area contributed by atoms with Crippen LogP contribution in [-0.2, 0) is 6.54 Å². The number of anilines is 2. The van der Waals surface area contributed by atoms with Gasteiger partial charge in [0.2, 0.25) is 5.82 Å². The van der Waals surface area contributed by atoms with Crippen molar-refractivity contribution in [2.24, 2.45) is 0 Å². The number of aromatic nitrogens is 2. The fraction of sp³-hybridized carbons (Fsp3) is 0.167. The van der Waals surface area contributed by atoms with Crippen LogP contribution >= 0.6 is 0 Å². The molecule has 2 heterocycles. The Morgan fingerprint density at radius 1 is 1.37 bits per heavy atom. The van der Waals surface area contributed by atoms with E-state index in [0.29, 0.717) is 12.4 Å². The third-order valence-corrected chi connectivity index (χ3v) is 2.51. The molecular formula is C12H13N5O2. The second-order valence-corrected chi connectivity index (χ2v) is 4.08. The Morgan fingerprint density at radius 3 is 2.79 bits per heavy atom. The molecular weight excluding hydrogens is 246 g/mol. The van der Waals surface area contributed by atoms with Gasteiger partial charge in [-0.15, -0.1) is 0 Å². The lowest BCUT2D eigenvalue weighted by Gasteiger charge is -2.06. The van der Waals surface area contributed by atoms with Gasteiger partial charge in [-0.1, -0.05) is 6.07 Å². The van der Waals surface area contributed by atoms with Gasteiger partial charge in [0.25, 0.3) is 0 Å². The number of nitrogens with one attached hydrogen (secondary N) is 1. The molecule has 0 bridgehead atoms. The van der Waals surface area contributed by atoms with Gasteiger partial charge in [0.05, 0.1) is 4.92 Å². The molecule has 0 spiro atoms. The molecule has 19 heavy (non-hydrogen) atoms. The van der Waals surface area contributed by atoms with Crippen LogP contribution in [0.15, 0.2) is 30.6 Å². The van der Waals surface area contributed by atoms with E-state index in [9.17, 15) is 10.1 Å². The van der Waals surface area contributed by atoms with Gasteiger partial charge in [0, 0.05) is 25.0 Å². The molecule has 0 amide bonds. The zero-order valence-electron chi connectivity index (χ0n) is 10.3. The number of nitro groups is 1. The largest absolute Gasteiger partial charge is 0.384 e. The normalized spacial score (nSPS) is 10.2. The lowest BCUT2D eigenvalue weighted by molar-refractivity contribution is -0.384. The number of aryl methyl sites for hydroxylation is 1. The minimum atomic E-state index is -0.455. The van der Waals surface area contributed by atoms with E-state index in [4.69, 9.17) is 5.73 Å². The highest BCUT2D eigenvalue weighted by atomic mass is 16.6. The molecule has 0 radical (unpaired) electrons. The van der Waals surface area contributed by atoms with Gasteiger partial charge in [0.15, 0.2) is 0 Å². The molecule has 7 nitrogen and oxygen atoms in total. The average molecular weight is 259 g/mol. The third-order valence-electron chi connectivity index (χ3n) is 2.51. The van der Waals surface area contributed by atoms with Crippen LogP contribution < -0.4 is 11.1 Å². The first-order chi connectivity index (χ1) is 9.06. The smallest absolute Gasteiger partial charge is 0.311 e. The van der Waals surface area contributed by atoms with Crippen molar-refractivity contribution in [2.75, 3.05) is 11.1 Å². The van der Waals surface area contributed by atoms with Crippen molar-refractivity contribution in [1.82, 2.24) is 9.97 Å². The van der Waals surface area contributed by atoms with E-state index in [2.05, 4.69) is 15.3 Å². The van der Waals surface area contributed by atoms with E-state index < -0.39 is 4.92 Å². The van der Waals surface area contributed by atoms with Crippen LogP contribution in [0.5, 0.6) is 0 Å². The third kappa shape index (κ3) is 3.15. The zero-order valence-corrected chi connectivity index (χ0v) is 10.3. The second kappa shape index (κ2) is 5.30. The first-order valence-electron chi connectivity index (χ1n) is 5.61. The van der Waals surface area contributed by atoms with Gasteiger partial charge in [-0.2, -0.15) is 0 Å². The number of nitrogens with zero attached hydrogens (tertiary/aromatic N) is 3. The number of rotatable bonds is 4. The Labute approximate surface area is 109 Å². The maximum atomic E-state index is 10.9. The zero-order chi connectivity index (χ0) is 13.8. The summed E-state index contributed by atoms with van der Waals surface area (Å²) in [6.07, 6.45) is 3.19. The summed E-state index contributed by atoms with van der Waals surface area (Å²) in [6, 6.07) is 4.96. The van der Waals surface area contributed by atoms with Crippen molar-refractivity contribution in [3.05, 3.63) is 51.8 Å². The van der Waals surface area contributed by atoms with Gasteiger partial charge in [-0.3, -0.25) is 10.1 Å². The monoisotopic (exact) mass is 259 g/mol. The molecule has 0 saturated carbocycles. The van der Waals surface area contributed by atoms with Crippen molar-refractivity contribution in [2.45, 2.75) is 13.5 Å². The molecule has 2 rings (SSSR count). The number of pyridine rings is 2. The summed E-state index contributed by atoms with van der Waals surface area (Å²) in [5.74, 6) is 0.676. The number of nitrogen functional groups attached to an aromatic ring is 1. The molecule has 0 aliphatic rings. The van der Waals surface area contributed by atoms with E-state index in [1.807, 2.05) is 0 Å². The Balaban J connectivity index is 2.15. The Kier molecular flexibility index (Phi) is 3.56. The second-order valence-electron chi connectivity index (χ2n) is 4.08. The highest BCUT2D eigenvalue weighted by Crippen LogP contribution is 2.22. The van der Waals surface area contributed by atoms with Crippen molar-refractivity contribution in [3.63, 3.8) is 0 Å². The summed E-state index contributed by atoms with van der Waals surface area (Å²) in [5, 5.41) is 13.9. The summed E-state index contributed by atoms with van der Waals surface area (Å²) < 4.78 is 0. The quantitative estimate of drug-likeness (QED) is 0.641. The topological polar surface area (TPSA) is 107 Å². The summed E-state index contributed by atoms with van der Waals surface area (Å²) in [5.41, 5.74) is 7.05. The lowest BCUT2D eigenvalue weighted by Crippen LogP contribution is -2.05. The summed E-state index contributed by atoms with van der Waals surface area (Å²) in [7, 11) is 0. The summed E-state index contributed by atoms with van der Waals surface area (Å²) >= 11 is 0. The molecule has 98 valence electrons. The van der Waals surface area contributed by atoms with Crippen molar-refractivity contribution in [3.8, 4) is 0 Å². The molecule has 0 fully saturated rings. The molecule has 0 aliphatic carbocycles. The number of hydrogen-bond acceptors (Lipinski definition) is 6. The SMILES string of the molecule is Cc1cnc(NCc2ccc(N)nc2)c([N+](=O)[O-])c1. The molecule has 0 aliphatic heterocycles. The molecule has 0 aromatic carbocycles. The molecule has 0 saturated heterocycles. The minimum Gasteiger partial charge on any atom is -0.384 e. The van der Waals surface area contributed by atoms with E-state index >= 15 is 0 Å². The average Bonchev–Trinajstić information content (AvgIpc) is 2.39. The van der Waals surface area contributed by atoms with Crippen molar-refractivity contribution >= 4 is 17.3 Å². The van der Waals surface area contributed by atoms with Crippen LogP contribution in [0.2, 0.25) is 0 Å². The number of nitrogens with two attached hydrogens (primary N) is 1. The van der Waals surface area contributed by atoms with E-state index in [0.717, 1.165) is 11.1 Å².